The van der Waals surface area contributed by atoms with Crippen LogP contribution in [0.4, 0.5) is 0 Å². The lowest BCUT2D eigenvalue weighted by Gasteiger charge is -2.08. The molecule has 0 bridgehead atoms. The van der Waals surface area contributed by atoms with Crippen LogP contribution >= 0.6 is 0 Å². The van der Waals surface area contributed by atoms with Gasteiger partial charge in [-0.05, 0) is 30.2 Å². The van der Waals surface area contributed by atoms with Gasteiger partial charge < -0.3 is 14.6 Å². The Balaban J connectivity index is 1.41. The van der Waals surface area contributed by atoms with Crippen LogP contribution in [0, 0.1) is 0 Å². The van der Waals surface area contributed by atoms with Crippen molar-refractivity contribution in [2.24, 2.45) is 0 Å². The summed E-state index contributed by atoms with van der Waals surface area (Å²) in [4.78, 5) is 12.3. The van der Waals surface area contributed by atoms with E-state index in [-0.39, 0.29) is 18.4 Å². The predicted molar refractivity (Wildman–Crippen MR) is 90.0 cm³/mol. The van der Waals surface area contributed by atoms with Crippen LogP contribution in [-0.2, 0) is 11.2 Å². The van der Waals surface area contributed by atoms with Crippen LogP contribution in [0.25, 0.3) is 11.0 Å². The molecule has 122 valence electrons. The average molecular weight is 322 g/mol. The minimum atomic E-state index is -0.0311. The normalized spacial score (nSPS) is 19.2. The number of ether oxygens (including phenoxy) is 1. The maximum atomic E-state index is 12.3. The first-order chi connectivity index (χ1) is 11.8. The number of nitrogens with zero attached hydrogens (tertiary/aromatic N) is 1. The van der Waals surface area contributed by atoms with Crippen molar-refractivity contribution in [3.8, 4) is 5.75 Å². The number of hydrogen-bond acceptors (Lipinski definition) is 4. The number of carbonyl (C=O) groups is 1. The van der Waals surface area contributed by atoms with Crippen LogP contribution < -0.4 is 10.1 Å². The molecule has 1 aliphatic carbocycles. The van der Waals surface area contributed by atoms with Gasteiger partial charge in [0, 0.05) is 17.3 Å². The maximum Gasteiger partial charge on any atom is 0.226 e. The molecule has 1 aromatic heterocycles. The van der Waals surface area contributed by atoms with Gasteiger partial charge in [-0.15, -0.1) is 0 Å². The van der Waals surface area contributed by atoms with Crippen molar-refractivity contribution in [1.29, 1.82) is 0 Å². The highest BCUT2D eigenvalue weighted by Crippen LogP contribution is 2.44. The van der Waals surface area contributed by atoms with Crippen molar-refractivity contribution in [1.82, 2.24) is 10.5 Å². The molecule has 1 aliphatic rings. The highest BCUT2D eigenvalue weighted by Gasteiger charge is 2.41. The first-order valence-corrected chi connectivity index (χ1v) is 8.02. The summed E-state index contributed by atoms with van der Waals surface area (Å²) in [5, 5.41) is 7.99. The van der Waals surface area contributed by atoms with Crippen LogP contribution in [0.5, 0.6) is 5.75 Å². The molecule has 2 aromatic carbocycles. The third-order valence-electron chi connectivity index (χ3n) is 4.46. The van der Waals surface area contributed by atoms with Gasteiger partial charge in [-0.3, -0.25) is 4.79 Å². The summed E-state index contributed by atoms with van der Waals surface area (Å²) in [5.41, 5.74) is 2.54. The largest absolute Gasteiger partial charge is 0.496 e. The lowest BCUT2D eigenvalue weighted by molar-refractivity contribution is -0.120. The van der Waals surface area contributed by atoms with Gasteiger partial charge in [0.05, 0.1) is 13.5 Å². The van der Waals surface area contributed by atoms with E-state index < -0.39 is 0 Å². The molecule has 0 spiro atoms. The van der Waals surface area contributed by atoms with E-state index in [2.05, 4.69) is 16.5 Å². The van der Waals surface area contributed by atoms with E-state index in [1.54, 1.807) is 7.11 Å². The lowest BCUT2D eigenvalue weighted by Crippen LogP contribution is -2.28. The number of fused-ring (bicyclic) bond motifs is 1. The van der Waals surface area contributed by atoms with E-state index in [9.17, 15) is 4.79 Å². The quantitative estimate of drug-likeness (QED) is 0.784. The fraction of sp³-hybridized carbons (Fsp3) is 0.263. The second-order valence-corrected chi connectivity index (χ2v) is 6.06. The first kappa shape index (κ1) is 14.8. The Bertz CT molecular complexity index is 887. The van der Waals surface area contributed by atoms with E-state index in [1.807, 2.05) is 42.5 Å². The lowest BCUT2D eigenvalue weighted by atomic mass is 10.1. The molecule has 1 amide bonds. The zero-order valence-corrected chi connectivity index (χ0v) is 13.4. The van der Waals surface area contributed by atoms with Gasteiger partial charge in [0.25, 0.3) is 0 Å². The van der Waals surface area contributed by atoms with Gasteiger partial charge >= 0.3 is 0 Å². The minimum Gasteiger partial charge on any atom is -0.496 e. The molecule has 1 heterocycles. The van der Waals surface area contributed by atoms with Crippen LogP contribution in [0.2, 0.25) is 0 Å². The van der Waals surface area contributed by atoms with Crippen molar-refractivity contribution in [3.05, 3.63) is 59.8 Å². The summed E-state index contributed by atoms with van der Waals surface area (Å²) in [6.45, 7) is 0. The molecule has 2 atom stereocenters. The number of para-hydroxylation sites is 2. The van der Waals surface area contributed by atoms with E-state index in [4.69, 9.17) is 9.26 Å². The molecule has 5 heteroatoms. The number of rotatable bonds is 5. The van der Waals surface area contributed by atoms with Gasteiger partial charge in [0.15, 0.2) is 5.58 Å². The molecule has 1 saturated carbocycles. The topological polar surface area (TPSA) is 64.4 Å². The third-order valence-corrected chi connectivity index (χ3v) is 4.46. The first-order valence-electron chi connectivity index (χ1n) is 8.02. The Morgan fingerprint density at radius 3 is 2.92 bits per heavy atom. The second kappa shape index (κ2) is 6.00. The Morgan fingerprint density at radius 1 is 1.25 bits per heavy atom. The zero-order valence-electron chi connectivity index (χ0n) is 13.4. The van der Waals surface area contributed by atoms with Crippen molar-refractivity contribution in [3.63, 3.8) is 0 Å². The van der Waals surface area contributed by atoms with Crippen molar-refractivity contribution >= 4 is 16.9 Å². The molecule has 5 nitrogen and oxygen atoms in total. The molecule has 1 N–H and O–H groups in total. The molecular weight excluding hydrogens is 304 g/mol. The van der Waals surface area contributed by atoms with Crippen molar-refractivity contribution in [2.45, 2.75) is 24.8 Å². The second-order valence-electron chi connectivity index (χ2n) is 6.06. The molecule has 0 aliphatic heterocycles. The average Bonchev–Trinajstić information content (AvgIpc) is 3.26. The van der Waals surface area contributed by atoms with Gasteiger partial charge in [0.1, 0.15) is 11.4 Å². The monoisotopic (exact) mass is 322 g/mol. The van der Waals surface area contributed by atoms with Gasteiger partial charge in [-0.25, -0.2) is 0 Å². The van der Waals surface area contributed by atoms with E-state index in [0.717, 1.165) is 23.1 Å². The summed E-state index contributed by atoms with van der Waals surface area (Å²) < 4.78 is 10.6. The summed E-state index contributed by atoms with van der Waals surface area (Å²) >= 11 is 0. The number of carbonyl (C=O) groups excluding carboxylic acids is 1. The van der Waals surface area contributed by atoms with Gasteiger partial charge in [-0.2, -0.15) is 0 Å². The Kier molecular flexibility index (Phi) is 3.69. The summed E-state index contributed by atoms with van der Waals surface area (Å²) in [7, 11) is 1.67. The van der Waals surface area contributed by atoms with Crippen molar-refractivity contribution in [2.75, 3.05) is 7.11 Å². The van der Waals surface area contributed by atoms with E-state index >= 15 is 0 Å². The predicted octanol–water partition coefficient (Wildman–Crippen LogP) is 3.05. The maximum absolute atomic E-state index is 12.3. The summed E-state index contributed by atoms with van der Waals surface area (Å²) in [6, 6.07) is 15.7. The van der Waals surface area contributed by atoms with Crippen LogP contribution in [0.1, 0.15) is 23.6 Å². The number of benzene rings is 2. The Labute approximate surface area is 139 Å². The SMILES string of the molecule is COc1ccccc1[C@H]1C[C@H]1NC(=O)Cc1noc2ccccc12. The summed E-state index contributed by atoms with van der Waals surface area (Å²) in [5.74, 6) is 1.16. The molecule has 0 saturated heterocycles. The van der Waals surface area contributed by atoms with Gasteiger partial charge in [0.2, 0.25) is 5.91 Å². The Morgan fingerprint density at radius 2 is 2.04 bits per heavy atom. The molecule has 24 heavy (non-hydrogen) atoms. The minimum absolute atomic E-state index is 0.0311. The zero-order chi connectivity index (χ0) is 16.5. The Hall–Kier alpha value is -2.82. The fourth-order valence-corrected chi connectivity index (χ4v) is 3.15. The van der Waals surface area contributed by atoms with Crippen LogP contribution in [0.3, 0.4) is 0 Å². The highest BCUT2D eigenvalue weighted by molar-refractivity contribution is 5.86. The smallest absolute Gasteiger partial charge is 0.226 e. The van der Waals surface area contributed by atoms with Crippen LogP contribution in [-0.4, -0.2) is 24.2 Å². The highest BCUT2D eigenvalue weighted by atomic mass is 16.5. The van der Waals surface area contributed by atoms with Crippen LogP contribution in [0.15, 0.2) is 53.1 Å². The molecular formula is C19H18N2O3. The number of amides is 1. The number of nitrogens with one attached hydrogen (secondary N) is 1. The van der Waals surface area contributed by atoms with Crippen molar-refractivity contribution < 1.29 is 14.1 Å². The number of aromatic nitrogens is 1. The third kappa shape index (κ3) is 2.73. The van der Waals surface area contributed by atoms with E-state index in [0.29, 0.717) is 17.2 Å². The van der Waals surface area contributed by atoms with Gasteiger partial charge in [-0.1, -0.05) is 35.5 Å². The number of methoxy groups -OCH3 is 1. The molecule has 0 unspecified atom stereocenters. The fourth-order valence-electron chi connectivity index (χ4n) is 3.15. The van der Waals surface area contributed by atoms with E-state index in [1.165, 1.54) is 0 Å². The standard InChI is InChI=1S/C19H18N2O3/c1-23-17-8-4-2-6-12(17)14-10-15(14)20-19(22)11-16-13-7-3-5-9-18(13)24-21-16/h2-9,14-15H,10-11H2,1H3,(H,20,22)/t14-,15-/m1/s1. The molecule has 4 rings (SSSR count). The number of hydrogen-bond donors (Lipinski definition) is 1. The molecule has 3 aromatic rings. The summed E-state index contributed by atoms with van der Waals surface area (Å²) in [6.07, 6.45) is 1.16. The molecule has 1 fully saturated rings. The molecule has 0 radical (unpaired) electrons.